The number of hydrogen-bond acceptors (Lipinski definition) is 4. The lowest BCUT2D eigenvalue weighted by Gasteiger charge is -2.26. The van der Waals surface area contributed by atoms with E-state index in [1.54, 1.807) is 36.4 Å². The molecule has 1 heterocycles. The monoisotopic (exact) mass is 436 g/mol. The zero-order chi connectivity index (χ0) is 22.9. The van der Waals surface area contributed by atoms with Gasteiger partial charge in [-0.3, -0.25) is 14.4 Å². The van der Waals surface area contributed by atoms with Gasteiger partial charge in [-0.15, -0.1) is 0 Å². The summed E-state index contributed by atoms with van der Waals surface area (Å²) in [6, 6.07) is 14.2. The molecule has 32 heavy (non-hydrogen) atoms. The Balaban J connectivity index is 1.50. The Kier molecular flexibility index (Phi) is 8.25. The lowest BCUT2D eigenvalue weighted by molar-refractivity contribution is -0.114. The van der Waals surface area contributed by atoms with E-state index in [2.05, 4.69) is 16.0 Å². The smallest absolute Gasteiger partial charge is 0.253 e. The van der Waals surface area contributed by atoms with Crippen molar-refractivity contribution in [3.63, 3.8) is 0 Å². The van der Waals surface area contributed by atoms with Gasteiger partial charge in [0.05, 0.1) is 6.54 Å². The molecule has 2 aromatic rings. The Hall–Kier alpha value is -3.35. The van der Waals surface area contributed by atoms with Crippen molar-refractivity contribution in [2.75, 3.05) is 30.3 Å². The summed E-state index contributed by atoms with van der Waals surface area (Å²) >= 11 is 0. The summed E-state index contributed by atoms with van der Waals surface area (Å²) in [4.78, 5) is 39.0. The van der Waals surface area contributed by atoms with E-state index in [1.807, 2.05) is 30.9 Å². The van der Waals surface area contributed by atoms with Crippen LogP contribution in [-0.2, 0) is 4.79 Å². The van der Waals surface area contributed by atoms with E-state index in [4.69, 9.17) is 0 Å². The van der Waals surface area contributed by atoms with Gasteiger partial charge < -0.3 is 20.9 Å². The average Bonchev–Trinajstić information content (AvgIpc) is 2.83. The second-order valence-corrected chi connectivity index (χ2v) is 8.20. The molecule has 3 amide bonds. The zero-order valence-electron chi connectivity index (χ0n) is 18.8. The Morgan fingerprint density at radius 1 is 0.938 bits per heavy atom. The van der Waals surface area contributed by atoms with Crippen LogP contribution in [0.2, 0.25) is 0 Å². The molecule has 2 aromatic carbocycles. The number of amides is 3. The molecule has 3 N–H and O–H groups in total. The summed E-state index contributed by atoms with van der Waals surface area (Å²) in [5.41, 5.74) is 2.52. The van der Waals surface area contributed by atoms with Crippen LogP contribution in [0.3, 0.4) is 0 Å². The standard InChI is InChI=1S/C25H32N4O3/c1-3-18(2)27-24(31)19-10-12-21(13-11-19)28-23(30)17-26-22-9-7-8-20(16-22)25(32)29-14-5-4-6-15-29/h7-13,16,18,26H,3-6,14-15,17H2,1-2H3,(H,27,31)(H,28,30). The number of nitrogens with zero attached hydrogens (tertiary/aromatic N) is 1. The zero-order valence-corrected chi connectivity index (χ0v) is 18.8. The van der Waals surface area contributed by atoms with E-state index in [0.717, 1.165) is 38.0 Å². The van der Waals surface area contributed by atoms with E-state index in [1.165, 1.54) is 6.42 Å². The van der Waals surface area contributed by atoms with Crippen molar-refractivity contribution in [3.05, 3.63) is 59.7 Å². The highest BCUT2D eigenvalue weighted by atomic mass is 16.2. The quantitative estimate of drug-likeness (QED) is 0.586. The first-order valence-corrected chi connectivity index (χ1v) is 11.3. The summed E-state index contributed by atoms with van der Waals surface area (Å²) in [5.74, 6) is -0.303. The average molecular weight is 437 g/mol. The molecule has 0 radical (unpaired) electrons. The number of anilines is 2. The molecule has 1 atom stereocenters. The molecule has 0 bridgehead atoms. The number of carbonyl (C=O) groups is 3. The van der Waals surface area contributed by atoms with Crippen LogP contribution in [0.4, 0.5) is 11.4 Å². The molecule has 0 spiro atoms. The van der Waals surface area contributed by atoms with Crippen molar-refractivity contribution in [2.24, 2.45) is 0 Å². The molecule has 3 rings (SSSR count). The van der Waals surface area contributed by atoms with Crippen LogP contribution in [-0.4, -0.2) is 48.3 Å². The fraction of sp³-hybridized carbons (Fsp3) is 0.400. The largest absolute Gasteiger partial charge is 0.376 e. The minimum absolute atomic E-state index is 0.0373. The van der Waals surface area contributed by atoms with Gasteiger partial charge in [-0.2, -0.15) is 0 Å². The first kappa shape index (κ1) is 23.3. The van der Waals surface area contributed by atoms with Crippen LogP contribution in [0.1, 0.15) is 60.2 Å². The topological polar surface area (TPSA) is 90.5 Å². The lowest BCUT2D eigenvalue weighted by Crippen LogP contribution is -2.35. The van der Waals surface area contributed by atoms with Gasteiger partial charge in [0.1, 0.15) is 0 Å². The van der Waals surface area contributed by atoms with Crippen LogP contribution in [0, 0.1) is 0 Å². The van der Waals surface area contributed by atoms with Gasteiger partial charge >= 0.3 is 0 Å². The highest BCUT2D eigenvalue weighted by Crippen LogP contribution is 2.16. The first-order valence-electron chi connectivity index (χ1n) is 11.3. The minimum Gasteiger partial charge on any atom is -0.376 e. The highest BCUT2D eigenvalue weighted by Gasteiger charge is 2.18. The molecule has 0 aromatic heterocycles. The molecule has 7 nitrogen and oxygen atoms in total. The number of hydrogen-bond donors (Lipinski definition) is 3. The fourth-order valence-corrected chi connectivity index (χ4v) is 3.54. The van der Waals surface area contributed by atoms with E-state index in [9.17, 15) is 14.4 Å². The van der Waals surface area contributed by atoms with E-state index in [-0.39, 0.29) is 30.3 Å². The Labute approximate surface area is 189 Å². The second-order valence-electron chi connectivity index (χ2n) is 8.20. The van der Waals surface area contributed by atoms with Crippen molar-refractivity contribution in [3.8, 4) is 0 Å². The molecule has 0 aliphatic carbocycles. The second kappa shape index (κ2) is 11.3. The minimum atomic E-state index is -0.213. The van der Waals surface area contributed by atoms with Crippen molar-refractivity contribution < 1.29 is 14.4 Å². The Morgan fingerprint density at radius 2 is 1.66 bits per heavy atom. The number of carbonyl (C=O) groups excluding carboxylic acids is 3. The normalized spacial score (nSPS) is 14.4. The van der Waals surface area contributed by atoms with Gasteiger partial charge in [-0.25, -0.2) is 0 Å². The van der Waals surface area contributed by atoms with E-state index < -0.39 is 0 Å². The SMILES string of the molecule is CCC(C)NC(=O)c1ccc(NC(=O)CNc2cccc(C(=O)N3CCCCC3)c2)cc1. The van der Waals surface area contributed by atoms with Crippen LogP contribution in [0.15, 0.2) is 48.5 Å². The van der Waals surface area contributed by atoms with Crippen molar-refractivity contribution in [1.29, 1.82) is 0 Å². The Morgan fingerprint density at radius 3 is 2.34 bits per heavy atom. The molecule has 1 aliphatic heterocycles. The third kappa shape index (κ3) is 6.57. The van der Waals surface area contributed by atoms with Crippen molar-refractivity contribution >= 4 is 29.1 Å². The number of nitrogens with one attached hydrogen (secondary N) is 3. The number of benzene rings is 2. The van der Waals surface area contributed by atoms with Crippen molar-refractivity contribution in [2.45, 2.75) is 45.6 Å². The van der Waals surface area contributed by atoms with Crippen LogP contribution in [0.5, 0.6) is 0 Å². The molecule has 0 saturated carbocycles. The Bertz CT molecular complexity index is 936. The summed E-state index contributed by atoms with van der Waals surface area (Å²) < 4.78 is 0. The molecule has 1 saturated heterocycles. The lowest BCUT2D eigenvalue weighted by atomic mass is 10.1. The van der Waals surface area contributed by atoms with Crippen LogP contribution >= 0.6 is 0 Å². The molecule has 1 aliphatic rings. The number of rotatable bonds is 8. The van der Waals surface area contributed by atoms with Gasteiger partial charge in [-0.1, -0.05) is 13.0 Å². The third-order valence-electron chi connectivity index (χ3n) is 5.63. The van der Waals surface area contributed by atoms with E-state index >= 15 is 0 Å². The number of piperidine rings is 1. The van der Waals surface area contributed by atoms with Gasteiger partial charge in [0.2, 0.25) is 5.91 Å². The fourth-order valence-electron chi connectivity index (χ4n) is 3.54. The van der Waals surface area contributed by atoms with Gasteiger partial charge in [0, 0.05) is 41.6 Å². The molecule has 170 valence electrons. The third-order valence-corrected chi connectivity index (χ3v) is 5.63. The van der Waals surface area contributed by atoms with Gasteiger partial charge in [0.25, 0.3) is 11.8 Å². The van der Waals surface area contributed by atoms with Gasteiger partial charge in [0.15, 0.2) is 0 Å². The molecular weight excluding hydrogens is 404 g/mol. The maximum absolute atomic E-state index is 12.7. The maximum Gasteiger partial charge on any atom is 0.253 e. The first-order chi connectivity index (χ1) is 15.5. The maximum atomic E-state index is 12.7. The summed E-state index contributed by atoms with van der Waals surface area (Å²) in [6.45, 7) is 5.64. The molecule has 7 heteroatoms. The predicted octanol–water partition coefficient (Wildman–Crippen LogP) is 3.89. The summed E-state index contributed by atoms with van der Waals surface area (Å²) in [7, 11) is 0. The van der Waals surface area contributed by atoms with Crippen LogP contribution < -0.4 is 16.0 Å². The van der Waals surface area contributed by atoms with Gasteiger partial charge in [-0.05, 0) is 75.1 Å². The van der Waals surface area contributed by atoms with Crippen LogP contribution in [0.25, 0.3) is 0 Å². The predicted molar refractivity (Wildman–Crippen MR) is 127 cm³/mol. The summed E-state index contributed by atoms with van der Waals surface area (Å²) in [5, 5.41) is 8.80. The highest BCUT2D eigenvalue weighted by molar-refractivity contribution is 5.97. The molecule has 1 fully saturated rings. The van der Waals surface area contributed by atoms with E-state index in [0.29, 0.717) is 16.8 Å². The molecule has 1 unspecified atom stereocenters. The summed E-state index contributed by atoms with van der Waals surface area (Å²) in [6.07, 6.45) is 4.14. The molecular formula is C25H32N4O3. The van der Waals surface area contributed by atoms with Crippen molar-refractivity contribution in [1.82, 2.24) is 10.2 Å². The number of likely N-dealkylation sites (tertiary alicyclic amines) is 1.